The molecule has 3 rings (SSSR count). The lowest BCUT2D eigenvalue weighted by Gasteiger charge is -2.34. The molecule has 1 aromatic heterocycles. The maximum atomic E-state index is 13.1. The predicted octanol–water partition coefficient (Wildman–Crippen LogP) is 3.64. The summed E-state index contributed by atoms with van der Waals surface area (Å²) in [5.41, 5.74) is -0.222. The third-order valence-corrected chi connectivity index (χ3v) is 5.83. The minimum Gasteiger partial charge on any atom is -0.503 e. The van der Waals surface area contributed by atoms with Gasteiger partial charge in [0, 0.05) is 18.9 Å². The molecule has 9 nitrogen and oxygen atoms in total. The van der Waals surface area contributed by atoms with Crippen LogP contribution in [0, 0.1) is 0 Å². The van der Waals surface area contributed by atoms with Gasteiger partial charge in [-0.15, -0.1) is 0 Å². The molecule has 1 aliphatic heterocycles. The summed E-state index contributed by atoms with van der Waals surface area (Å²) in [6.45, 7) is 4.39. The minimum atomic E-state index is -0.900. The van der Waals surface area contributed by atoms with E-state index in [4.69, 9.17) is 18.9 Å². The summed E-state index contributed by atoms with van der Waals surface area (Å²) in [7, 11) is 1.38. The number of hydrogen-bond donors (Lipinski definition) is 2. The minimum absolute atomic E-state index is 0.117. The normalized spacial score (nSPS) is 23.1. The molecular weight excluding hydrogens is 452 g/mol. The fourth-order valence-corrected chi connectivity index (χ4v) is 4.01. The predicted molar refractivity (Wildman–Crippen MR) is 129 cm³/mol. The molecule has 190 valence electrons. The Kier molecular flexibility index (Phi) is 9.72. The number of nitrogens with one attached hydrogen (secondary N) is 1. The number of amides is 1. The van der Waals surface area contributed by atoms with Crippen LogP contribution in [0.25, 0.3) is 0 Å². The van der Waals surface area contributed by atoms with Crippen LogP contribution >= 0.6 is 0 Å². The van der Waals surface area contributed by atoms with Gasteiger partial charge in [0.1, 0.15) is 17.9 Å². The first-order valence-corrected chi connectivity index (χ1v) is 12.0. The van der Waals surface area contributed by atoms with Crippen molar-refractivity contribution in [3.05, 3.63) is 48.3 Å². The molecule has 1 aliphatic rings. The molecule has 1 aromatic carbocycles. The van der Waals surface area contributed by atoms with E-state index in [0.29, 0.717) is 25.2 Å². The molecule has 2 heterocycles. The topological polar surface area (TPSA) is 116 Å². The first-order valence-electron chi connectivity index (χ1n) is 12.0. The number of ether oxygens (including phenoxy) is 4. The van der Waals surface area contributed by atoms with E-state index in [1.165, 1.54) is 19.4 Å². The molecular formula is C26H34N2O7. The van der Waals surface area contributed by atoms with Crippen LogP contribution in [0.3, 0.4) is 0 Å². The van der Waals surface area contributed by atoms with Crippen molar-refractivity contribution < 1.29 is 33.6 Å². The Morgan fingerprint density at radius 3 is 2.66 bits per heavy atom. The smallest absolute Gasteiger partial charge is 0.329 e. The second-order valence-corrected chi connectivity index (χ2v) is 8.47. The number of benzene rings is 1. The van der Waals surface area contributed by atoms with Gasteiger partial charge in [-0.05, 0) is 38.3 Å². The number of esters is 1. The first-order chi connectivity index (χ1) is 16.9. The van der Waals surface area contributed by atoms with Gasteiger partial charge in [0.15, 0.2) is 23.3 Å². The van der Waals surface area contributed by atoms with Gasteiger partial charge in [-0.25, -0.2) is 9.78 Å². The highest BCUT2D eigenvalue weighted by Crippen LogP contribution is 2.28. The van der Waals surface area contributed by atoms with Crippen molar-refractivity contribution >= 4 is 11.9 Å². The lowest BCUT2D eigenvalue weighted by atomic mass is 9.98. The van der Waals surface area contributed by atoms with E-state index >= 15 is 0 Å². The highest BCUT2D eigenvalue weighted by Gasteiger charge is 2.35. The average molecular weight is 487 g/mol. The maximum absolute atomic E-state index is 13.1. The van der Waals surface area contributed by atoms with Gasteiger partial charge >= 0.3 is 5.97 Å². The largest absolute Gasteiger partial charge is 0.503 e. The van der Waals surface area contributed by atoms with Crippen LogP contribution in [0.2, 0.25) is 0 Å². The average Bonchev–Trinajstić information content (AvgIpc) is 2.86. The number of carbonyl (C=O) groups is 2. The Morgan fingerprint density at radius 2 is 1.94 bits per heavy atom. The first kappa shape index (κ1) is 26.3. The van der Waals surface area contributed by atoms with Gasteiger partial charge in [0.05, 0.1) is 13.2 Å². The molecule has 1 fully saturated rings. The summed E-state index contributed by atoms with van der Waals surface area (Å²) in [5.74, 6) is -0.875. The number of cyclic esters (lactones) is 1. The van der Waals surface area contributed by atoms with Crippen LogP contribution in [-0.2, 0) is 14.3 Å². The molecule has 1 amide bonds. The number of pyridine rings is 1. The number of carbonyl (C=O) groups excluding carboxylic acids is 2. The molecule has 0 aliphatic carbocycles. The zero-order valence-electron chi connectivity index (χ0n) is 20.4. The number of hydrogen-bond acceptors (Lipinski definition) is 8. The molecule has 1 saturated heterocycles. The number of para-hydroxylation sites is 1. The molecule has 0 saturated carbocycles. The van der Waals surface area contributed by atoms with E-state index < -0.39 is 30.1 Å². The van der Waals surface area contributed by atoms with Crippen LogP contribution in [0.5, 0.6) is 17.2 Å². The van der Waals surface area contributed by atoms with E-state index in [1.807, 2.05) is 37.3 Å². The molecule has 2 N–H and O–H groups in total. The second kappa shape index (κ2) is 12.9. The molecule has 0 bridgehead atoms. The van der Waals surface area contributed by atoms with E-state index in [0.717, 1.165) is 19.3 Å². The van der Waals surface area contributed by atoms with E-state index in [2.05, 4.69) is 10.3 Å². The van der Waals surface area contributed by atoms with Crippen LogP contribution in [0.1, 0.15) is 56.4 Å². The maximum Gasteiger partial charge on any atom is 0.329 e. The van der Waals surface area contributed by atoms with E-state index in [9.17, 15) is 14.7 Å². The van der Waals surface area contributed by atoms with Crippen molar-refractivity contribution in [2.45, 2.75) is 70.3 Å². The zero-order valence-corrected chi connectivity index (χ0v) is 20.4. The molecule has 35 heavy (non-hydrogen) atoms. The summed E-state index contributed by atoms with van der Waals surface area (Å²) in [6.07, 6.45) is 3.35. The van der Waals surface area contributed by atoms with Gasteiger partial charge in [-0.3, -0.25) is 4.79 Å². The van der Waals surface area contributed by atoms with Crippen LogP contribution < -0.4 is 14.8 Å². The molecule has 9 heteroatoms. The highest BCUT2D eigenvalue weighted by atomic mass is 16.6. The van der Waals surface area contributed by atoms with Gasteiger partial charge in [-0.2, -0.15) is 0 Å². The molecule has 0 radical (unpaired) electrons. The summed E-state index contributed by atoms with van der Waals surface area (Å²) in [6, 6.07) is 9.89. The fourth-order valence-electron chi connectivity index (χ4n) is 4.01. The Hall–Kier alpha value is -3.33. The second-order valence-electron chi connectivity index (χ2n) is 8.47. The highest BCUT2D eigenvalue weighted by molar-refractivity contribution is 5.97. The van der Waals surface area contributed by atoms with E-state index in [1.54, 1.807) is 6.92 Å². The van der Waals surface area contributed by atoms with Crippen molar-refractivity contribution in [2.24, 2.45) is 0 Å². The molecule has 0 unspecified atom stereocenters. The van der Waals surface area contributed by atoms with Crippen molar-refractivity contribution in [2.75, 3.05) is 13.7 Å². The number of aromatic nitrogens is 1. The molecule has 2 aromatic rings. The number of methoxy groups -OCH3 is 1. The SMILES string of the molecule is CCCO[C@H]1CCCC[C@H](NC(=O)c2nccc(OC)c2O)C(=O)O[C@@H](C)[C@@H]1Oc1ccccc1. The van der Waals surface area contributed by atoms with Crippen LogP contribution in [0.15, 0.2) is 42.6 Å². The summed E-state index contributed by atoms with van der Waals surface area (Å²) < 4.78 is 23.2. The lowest BCUT2D eigenvalue weighted by Crippen LogP contribution is -2.49. The van der Waals surface area contributed by atoms with Gasteiger partial charge in [0.2, 0.25) is 0 Å². The van der Waals surface area contributed by atoms with Gasteiger partial charge in [0.25, 0.3) is 5.91 Å². The van der Waals surface area contributed by atoms with Crippen molar-refractivity contribution in [1.29, 1.82) is 0 Å². The van der Waals surface area contributed by atoms with Gasteiger partial charge < -0.3 is 29.4 Å². The Labute approximate surface area is 205 Å². The fraction of sp³-hybridized carbons (Fsp3) is 0.500. The third-order valence-electron chi connectivity index (χ3n) is 5.83. The Morgan fingerprint density at radius 1 is 1.20 bits per heavy atom. The zero-order chi connectivity index (χ0) is 25.2. The summed E-state index contributed by atoms with van der Waals surface area (Å²) in [4.78, 5) is 29.8. The molecule has 4 atom stereocenters. The summed E-state index contributed by atoms with van der Waals surface area (Å²) in [5, 5.41) is 12.9. The van der Waals surface area contributed by atoms with Crippen molar-refractivity contribution in [3.8, 4) is 17.2 Å². The van der Waals surface area contributed by atoms with Crippen molar-refractivity contribution in [3.63, 3.8) is 0 Å². The van der Waals surface area contributed by atoms with Crippen molar-refractivity contribution in [1.82, 2.24) is 10.3 Å². The van der Waals surface area contributed by atoms with Crippen LogP contribution in [0.4, 0.5) is 0 Å². The number of nitrogens with zero attached hydrogens (tertiary/aromatic N) is 1. The van der Waals surface area contributed by atoms with E-state index in [-0.39, 0.29) is 23.3 Å². The quantitative estimate of drug-likeness (QED) is 0.543. The van der Waals surface area contributed by atoms with Crippen LogP contribution in [-0.4, -0.2) is 60.0 Å². The summed E-state index contributed by atoms with van der Waals surface area (Å²) >= 11 is 0. The Bertz CT molecular complexity index is 969. The van der Waals surface area contributed by atoms with Gasteiger partial charge in [-0.1, -0.05) is 38.0 Å². The standard InChI is InChI=1S/C26H34N2O7/c1-4-16-33-21-13-9-8-12-19(28-25(30)22-23(29)20(32-3)14-15-27-22)26(31)34-17(2)24(21)35-18-10-6-5-7-11-18/h5-7,10-11,14-15,17,19,21,24,29H,4,8-9,12-13,16H2,1-3H3,(H,28,30)/t17-,19-,21-,24-/m0/s1. The lowest BCUT2D eigenvalue weighted by molar-refractivity contribution is -0.162. The Balaban J connectivity index is 1.77. The molecule has 0 spiro atoms. The third kappa shape index (κ3) is 7.08. The number of aromatic hydroxyl groups is 1. The monoisotopic (exact) mass is 486 g/mol. The number of rotatable bonds is 8.